The zero-order chi connectivity index (χ0) is 11.8. The van der Waals surface area contributed by atoms with Crippen LogP contribution in [0.1, 0.15) is 22.1 Å². The first kappa shape index (κ1) is 9.89. The Morgan fingerprint density at radius 2 is 2.18 bits per heavy atom. The van der Waals surface area contributed by atoms with Crippen LogP contribution >= 0.6 is 0 Å². The maximum Gasteiger partial charge on any atom is 0.354 e. The summed E-state index contributed by atoms with van der Waals surface area (Å²) in [6, 6.07) is 9.93. The van der Waals surface area contributed by atoms with E-state index in [1.807, 2.05) is 30.3 Å². The first-order chi connectivity index (χ1) is 8.27. The van der Waals surface area contributed by atoms with Crippen LogP contribution in [0.2, 0.25) is 0 Å². The summed E-state index contributed by atoms with van der Waals surface area (Å²) in [5.74, 6) is -0.991. The van der Waals surface area contributed by atoms with Gasteiger partial charge >= 0.3 is 5.97 Å². The highest BCUT2D eigenvalue weighted by Crippen LogP contribution is 2.31. The molecule has 0 radical (unpaired) electrons. The number of hydrogen-bond acceptors (Lipinski definition) is 3. The number of carbonyl (C=O) groups is 1. The number of benzene rings is 1. The van der Waals surface area contributed by atoms with Crippen molar-refractivity contribution < 1.29 is 14.6 Å². The second-order valence-corrected chi connectivity index (χ2v) is 3.84. The Balaban J connectivity index is 2.09. The number of ether oxygens (including phenoxy) is 1. The topological polar surface area (TPSA) is 64.3 Å². The van der Waals surface area contributed by atoms with E-state index in [-0.39, 0.29) is 11.7 Å². The van der Waals surface area contributed by atoms with Gasteiger partial charge in [0.2, 0.25) is 0 Å². The lowest BCUT2D eigenvalue weighted by atomic mass is 10.1. The molecule has 2 aromatic rings. The van der Waals surface area contributed by atoms with Crippen LogP contribution in [0, 0.1) is 0 Å². The SMILES string of the molecule is O=C(O)c1cnc2n1C(c1ccccc1)CO2. The summed E-state index contributed by atoms with van der Waals surface area (Å²) < 4.78 is 7.01. The highest BCUT2D eigenvalue weighted by atomic mass is 16.5. The highest BCUT2D eigenvalue weighted by molar-refractivity contribution is 5.86. The summed E-state index contributed by atoms with van der Waals surface area (Å²) in [6.07, 6.45) is 1.33. The molecule has 17 heavy (non-hydrogen) atoms. The third-order valence-corrected chi connectivity index (χ3v) is 2.85. The van der Waals surface area contributed by atoms with Crippen LogP contribution in [0.15, 0.2) is 36.5 Å². The van der Waals surface area contributed by atoms with E-state index in [2.05, 4.69) is 4.98 Å². The quantitative estimate of drug-likeness (QED) is 0.850. The Kier molecular flexibility index (Phi) is 2.11. The van der Waals surface area contributed by atoms with Gasteiger partial charge in [-0.2, -0.15) is 0 Å². The maximum atomic E-state index is 11.1. The molecule has 0 aliphatic carbocycles. The zero-order valence-electron chi connectivity index (χ0n) is 8.91. The summed E-state index contributed by atoms with van der Waals surface area (Å²) >= 11 is 0. The second kappa shape index (κ2) is 3.62. The molecule has 0 bridgehead atoms. The maximum absolute atomic E-state index is 11.1. The Labute approximate surface area is 97.3 Å². The number of aromatic nitrogens is 2. The van der Waals surface area contributed by atoms with E-state index in [0.717, 1.165) is 5.56 Å². The number of nitrogens with zero attached hydrogens (tertiary/aromatic N) is 2. The van der Waals surface area contributed by atoms with Gasteiger partial charge in [0, 0.05) is 0 Å². The smallest absolute Gasteiger partial charge is 0.354 e. The van der Waals surface area contributed by atoms with Gasteiger partial charge < -0.3 is 9.84 Å². The lowest BCUT2D eigenvalue weighted by molar-refractivity contribution is 0.0684. The number of fused-ring (bicyclic) bond motifs is 1. The van der Waals surface area contributed by atoms with E-state index >= 15 is 0 Å². The zero-order valence-corrected chi connectivity index (χ0v) is 8.91. The lowest BCUT2D eigenvalue weighted by Crippen LogP contribution is -2.14. The number of imidazole rings is 1. The van der Waals surface area contributed by atoms with E-state index in [0.29, 0.717) is 12.6 Å². The molecule has 1 unspecified atom stereocenters. The van der Waals surface area contributed by atoms with Crippen LogP contribution in [-0.2, 0) is 0 Å². The first-order valence-electron chi connectivity index (χ1n) is 5.25. The Hall–Kier alpha value is -2.30. The summed E-state index contributed by atoms with van der Waals surface area (Å²) in [5, 5.41) is 9.09. The molecular weight excluding hydrogens is 220 g/mol. The average Bonchev–Trinajstić information content (AvgIpc) is 2.90. The van der Waals surface area contributed by atoms with Crippen molar-refractivity contribution in [3.05, 3.63) is 47.8 Å². The predicted molar refractivity (Wildman–Crippen MR) is 59.3 cm³/mol. The number of rotatable bonds is 2. The summed E-state index contributed by atoms with van der Waals surface area (Å²) in [6.45, 7) is 0.424. The number of carboxylic acids is 1. The van der Waals surface area contributed by atoms with Gasteiger partial charge in [0.1, 0.15) is 6.61 Å². The van der Waals surface area contributed by atoms with Gasteiger partial charge in [-0.1, -0.05) is 30.3 Å². The van der Waals surface area contributed by atoms with Crippen molar-refractivity contribution in [2.75, 3.05) is 6.61 Å². The molecule has 1 aromatic carbocycles. The Morgan fingerprint density at radius 1 is 1.41 bits per heavy atom. The van der Waals surface area contributed by atoms with Crippen LogP contribution in [0.25, 0.3) is 0 Å². The number of carboxylic acid groups (broad SMARTS) is 1. The molecular formula is C12H10N2O3. The van der Waals surface area contributed by atoms with E-state index in [1.54, 1.807) is 4.57 Å². The lowest BCUT2D eigenvalue weighted by Gasteiger charge is -2.11. The first-order valence-corrected chi connectivity index (χ1v) is 5.25. The molecule has 1 atom stereocenters. The van der Waals surface area contributed by atoms with Crippen LogP contribution in [-0.4, -0.2) is 27.2 Å². The minimum Gasteiger partial charge on any atom is -0.477 e. The van der Waals surface area contributed by atoms with Crippen LogP contribution in [0.3, 0.4) is 0 Å². The van der Waals surface area contributed by atoms with Gasteiger partial charge in [0.25, 0.3) is 6.01 Å². The number of hydrogen-bond donors (Lipinski definition) is 1. The van der Waals surface area contributed by atoms with Crippen molar-refractivity contribution >= 4 is 5.97 Å². The molecule has 1 aromatic heterocycles. The summed E-state index contributed by atoms with van der Waals surface area (Å²) in [7, 11) is 0. The van der Waals surface area contributed by atoms with Crippen molar-refractivity contribution in [2.24, 2.45) is 0 Å². The molecule has 0 fully saturated rings. The van der Waals surface area contributed by atoms with Gasteiger partial charge in [-0.3, -0.25) is 4.57 Å². The van der Waals surface area contributed by atoms with Crippen molar-refractivity contribution in [2.45, 2.75) is 6.04 Å². The molecule has 5 nitrogen and oxygen atoms in total. The van der Waals surface area contributed by atoms with Crippen molar-refractivity contribution in [3.63, 3.8) is 0 Å². The standard InChI is InChI=1S/C12H10N2O3/c15-11(16)9-6-13-12-14(9)10(7-17-12)8-4-2-1-3-5-8/h1-6,10H,7H2,(H,15,16). The van der Waals surface area contributed by atoms with E-state index in [4.69, 9.17) is 9.84 Å². The van der Waals surface area contributed by atoms with E-state index < -0.39 is 5.97 Å². The van der Waals surface area contributed by atoms with Crippen molar-refractivity contribution in [3.8, 4) is 6.01 Å². The summed E-state index contributed by atoms with van der Waals surface area (Å²) in [5.41, 5.74) is 1.18. The predicted octanol–water partition coefficient (Wildman–Crippen LogP) is 1.56. The van der Waals surface area contributed by atoms with Crippen molar-refractivity contribution in [1.29, 1.82) is 0 Å². The molecule has 0 spiro atoms. The molecule has 86 valence electrons. The minimum absolute atomic E-state index is 0.111. The molecule has 5 heteroatoms. The van der Waals surface area contributed by atoms with Gasteiger partial charge in [0.15, 0.2) is 5.69 Å². The number of aromatic carboxylic acids is 1. The van der Waals surface area contributed by atoms with Crippen LogP contribution < -0.4 is 4.74 Å². The third kappa shape index (κ3) is 1.47. The minimum atomic E-state index is -0.991. The highest BCUT2D eigenvalue weighted by Gasteiger charge is 2.30. The fourth-order valence-electron chi connectivity index (χ4n) is 2.06. The van der Waals surface area contributed by atoms with E-state index in [9.17, 15) is 4.79 Å². The molecule has 0 amide bonds. The molecule has 3 rings (SSSR count). The Bertz CT molecular complexity index is 562. The fourth-order valence-corrected chi connectivity index (χ4v) is 2.06. The molecule has 1 aliphatic rings. The van der Waals surface area contributed by atoms with Gasteiger partial charge in [0.05, 0.1) is 12.2 Å². The molecule has 0 saturated heterocycles. The molecule has 2 heterocycles. The summed E-state index contributed by atoms with van der Waals surface area (Å²) in [4.78, 5) is 15.0. The largest absolute Gasteiger partial charge is 0.477 e. The third-order valence-electron chi connectivity index (χ3n) is 2.85. The van der Waals surface area contributed by atoms with Gasteiger partial charge in [-0.15, -0.1) is 0 Å². The van der Waals surface area contributed by atoms with E-state index in [1.165, 1.54) is 6.20 Å². The van der Waals surface area contributed by atoms with Gasteiger partial charge in [-0.05, 0) is 5.56 Å². The Morgan fingerprint density at radius 3 is 2.88 bits per heavy atom. The average molecular weight is 230 g/mol. The second-order valence-electron chi connectivity index (χ2n) is 3.84. The molecule has 0 saturated carbocycles. The molecule has 1 N–H and O–H groups in total. The normalized spacial score (nSPS) is 17.5. The monoisotopic (exact) mass is 230 g/mol. The van der Waals surface area contributed by atoms with Gasteiger partial charge in [-0.25, -0.2) is 9.78 Å². The fraction of sp³-hybridized carbons (Fsp3) is 0.167. The van der Waals surface area contributed by atoms with Crippen molar-refractivity contribution in [1.82, 2.24) is 9.55 Å². The molecule has 1 aliphatic heterocycles. The van der Waals surface area contributed by atoms with Crippen LogP contribution in [0.4, 0.5) is 0 Å². The van der Waals surface area contributed by atoms with Crippen LogP contribution in [0.5, 0.6) is 6.01 Å².